The van der Waals surface area contributed by atoms with Gasteiger partial charge in [0.1, 0.15) is 11.6 Å². The van der Waals surface area contributed by atoms with E-state index in [1.54, 1.807) is 7.11 Å². The summed E-state index contributed by atoms with van der Waals surface area (Å²) in [7, 11) is 1.74. The summed E-state index contributed by atoms with van der Waals surface area (Å²) in [6, 6.07) is 11.0. The molecule has 0 saturated heterocycles. The Morgan fingerprint density at radius 2 is 2.04 bits per heavy atom. The number of aromatic nitrogens is 4. The maximum Gasteiger partial charge on any atom is 0.123 e. The average Bonchev–Trinajstić information content (AvgIpc) is 3.30. The Balaban J connectivity index is 1.71. The predicted molar refractivity (Wildman–Crippen MR) is 99.8 cm³/mol. The molecule has 3 heterocycles. The zero-order valence-electron chi connectivity index (χ0n) is 15.5. The van der Waals surface area contributed by atoms with Crippen LogP contribution in [-0.2, 0) is 19.6 Å². The summed E-state index contributed by atoms with van der Waals surface area (Å²) in [5, 5.41) is 4.49. The van der Waals surface area contributed by atoms with Crippen LogP contribution in [0.25, 0.3) is 0 Å². The Labute approximate surface area is 154 Å². The molecular formula is C20H25N5O. The van der Waals surface area contributed by atoms with Crippen LogP contribution in [0.4, 0.5) is 0 Å². The lowest BCUT2D eigenvalue weighted by Gasteiger charge is -2.37. The molecule has 1 aromatic carbocycles. The van der Waals surface area contributed by atoms with Gasteiger partial charge >= 0.3 is 0 Å². The van der Waals surface area contributed by atoms with Crippen LogP contribution in [0.15, 0.2) is 48.9 Å². The lowest BCUT2D eigenvalue weighted by atomic mass is 10.0. The number of hydrogen-bond acceptors (Lipinski definition) is 4. The second-order valence-corrected chi connectivity index (χ2v) is 7.02. The second kappa shape index (κ2) is 6.96. The van der Waals surface area contributed by atoms with Gasteiger partial charge in [0.2, 0.25) is 0 Å². The maximum absolute atomic E-state index is 5.64. The number of ether oxygens (including phenoxy) is 1. The molecule has 1 aliphatic heterocycles. The van der Waals surface area contributed by atoms with E-state index in [1.807, 2.05) is 24.5 Å². The van der Waals surface area contributed by atoms with E-state index >= 15 is 0 Å². The Morgan fingerprint density at radius 1 is 1.19 bits per heavy atom. The molecule has 0 aliphatic carbocycles. The van der Waals surface area contributed by atoms with Crippen LogP contribution >= 0.6 is 0 Å². The van der Waals surface area contributed by atoms with E-state index in [-0.39, 0.29) is 6.04 Å². The summed E-state index contributed by atoms with van der Waals surface area (Å²) in [6.45, 7) is 6.83. The molecule has 2 aromatic heterocycles. The quantitative estimate of drug-likeness (QED) is 0.707. The van der Waals surface area contributed by atoms with Gasteiger partial charge in [-0.05, 0) is 26.0 Å². The van der Waals surface area contributed by atoms with E-state index in [0.717, 1.165) is 31.2 Å². The molecule has 136 valence electrons. The summed E-state index contributed by atoms with van der Waals surface area (Å²) < 4.78 is 9.99. The van der Waals surface area contributed by atoms with Crippen molar-refractivity contribution < 1.29 is 4.74 Å². The number of methoxy groups -OCH3 is 1. The smallest absolute Gasteiger partial charge is 0.123 e. The fourth-order valence-corrected chi connectivity index (χ4v) is 3.79. The van der Waals surface area contributed by atoms with Crippen LogP contribution in [0, 0.1) is 0 Å². The number of benzene rings is 1. The zero-order valence-corrected chi connectivity index (χ0v) is 15.5. The van der Waals surface area contributed by atoms with Gasteiger partial charge in [-0.25, -0.2) is 4.98 Å². The number of rotatable bonds is 5. The van der Waals surface area contributed by atoms with Crippen LogP contribution < -0.4 is 4.74 Å². The van der Waals surface area contributed by atoms with Crippen LogP contribution in [0.5, 0.6) is 5.75 Å². The number of fused-ring (bicyclic) bond motifs is 1. The van der Waals surface area contributed by atoms with Crippen molar-refractivity contribution in [2.45, 2.75) is 45.6 Å². The Morgan fingerprint density at radius 3 is 2.85 bits per heavy atom. The maximum atomic E-state index is 5.64. The molecule has 0 fully saturated rings. The Kier molecular flexibility index (Phi) is 4.51. The third kappa shape index (κ3) is 3.01. The molecule has 26 heavy (non-hydrogen) atoms. The lowest BCUT2D eigenvalue weighted by molar-refractivity contribution is 0.121. The van der Waals surface area contributed by atoms with Crippen LogP contribution in [0.3, 0.4) is 0 Å². The van der Waals surface area contributed by atoms with Crippen LogP contribution in [0.1, 0.15) is 43.0 Å². The highest BCUT2D eigenvalue weighted by Gasteiger charge is 2.30. The first kappa shape index (κ1) is 16.8. The van der Waals surface area contributed by atoms with Crippen molar-refractivity contribution in [3.63, 3.8) is 0 Å². The van der Waals surface area contributed by atoms with Crippen LogP contribution in [-0.4, -0.2) is 31.3 Å². The molecule has 4 rings (SSSR count). The molecule has 1 atom stereocenters. The van der Waals surface area contributed by atoms with Crippen molar-refractivity contribution in [1.29, 1.82) is 0 Å². The van der Waals surface area contributed by atoms with Gasteiger partial charge in [0.05, 0.1) is 25.4 Å². The van der Waals surface area contributed by atoms with Crippen molar-refractivity contribution >= 4 is 0 Å². The first-order valence-electron chi connectivity index (χ1n) is 9.06. The Hall–Kier alpha value is -2.60. The monoisotopic (exact) mass is 351 g/mol. The SMILES string of the molecule is COc1ccccc1[C@@H]1Cn2ccnc2CN1Cc1ccnn1C(C)C. The minimum Gasteiger partial charge on any atom is -0.496 e. The number of imidazole rings is 1. The summed E-state index contributed by atoms with van der Waals surface area (Å²) in [5.41, 5.74) is 2.44. The highest BCUT2D eigenvalue weighted by atomic mass is 16.5. The molecule has 6 heteroatoms. The molecular weight excluding hydrogens is 326 g/mol. The van der Waals surface area contributed by atoms with E-state index in [1.165, 1.54) is 11.3 Å². The molecule has 0 bridgehead atoms. The van der Waals surface area contributed by atoms with Gasteiger partial charge in [-0.15, -0.1) is 0 Å². The van der Waals surface area contributed by atoms with Gasteiger partial charge in [0.25, 0.3) is 0 Å². The van der Waals surface area contributed by atoms with E-state index in [4.69, 9.17) is 4.74 Å². The Bertz CT molecular complexity index is 882. The fourth-order valence-electron chi connectivity index (χ4n) is 3.79. The third-order valence-electron chi connectivity index (χ3n) is 5.06. The second-order valence-electron chi connectivity index (χ2n) is 7.02. The predicted octanol–water partition coefficient (Wildman–Crippen LogP) is 3.43. The molecule has 0 saturated carbocycles. The molecule has 0 unspecified atom stereocenters. The topological polar surface area (TPSA) is 48.1 Å². The molecule has 0 amide bonds. The van der Waals surface area contributed by atoms with Crippen molar-refractivity contribution in [2.75, 3.05) is 7.11 Å². The number of para-hydroxylation sites is 1. The van der Waals surface area contributed by atoms with Crippen molar-refractivity contribution in [1.82, 2.24) is 24.2 Å². The standard InChI is InChI=1S/C20H25N5O/c1-15(2)25-16(8-9-22-25)12-24-14-20-21-10-11-23(20)13-18(24)17-6-4-5-7-19(17)26-3/h4-11,15,18H,12-14H2,1-3H3/t18-/m0/s1. The van der Waals surface area contributed by atoms with E-state index < -0.39 is 0 Å². The highest BCUT2D eigenvalue weighted by molar-refractivity contribution is 5.36. The van der Waals surface area contributed by atoms with Crippen LogP contribution in [0.2, 0.25) is 0 Å². The minimum atomic E-state index is 0.225. The highest BCUT2D eigenvalue weighted by Crippen LogP contribution is 2.35. The summed E-state index contributed by atoms with van der Waals surface area (Å²) in [6.07, 6.45) is 5.84. The number of nitrogens with zero attached hydrogens (tertiary/aromatic N) is 5. The van der Waals surface area contributed by atoms with Gasteiger partial charge in [-0.2, -0.15) is 5.10 Å². The van der Waals surface area contributed by atoms with E-state index in [0.29, 0.717) is 6.04 Å². The van der Waals surface area contributed by atoms with Gasteiger partial charge in [-0.1, -0.05) is 18.2 Å². The first-order valence-corrected chi connectivity index (χ1v) is 9.06. The molecule has 1 aliphatic rings. The van der Waals surface area contributed by atoms with Gasteiger partial charge in [-0.3, -0.25) is 9.58 Å². The molecule has 0 spiro atoms. The minimum absolute atomic E-state index is 0.225. The van der Waals surface area contributed by atoms with Gasteiger partial charge in [0.15, 0.2) is 0 Å². The number of hydrogen-bond donors (Lipinski definition) is 0. The van der Waals surface area contributed by atoms with Crippen molar-refractivity contribution in [2.24, 2.45) is 0 Å². The fraction of sp³-hybridized carbons (Fsp3) is 0.400. The lowest BCUT2D eigenvalue weighted by Crippen LogP contribution is -2.37. The normalized spacial score (nSPS) is 17.5. The molecule has 0 N–H and O–H groups in total. The van der Waals surface area contributed by atoms with Crippen molar-refractivity contribution in [3.05, 3.63) is 66.0 Å². The molecule has 3 aromatic rings. The largest absolute Gasteiger partial charge is 0.496 e. The van der Waals surface area contributed by atoms with Gasteiger partial charge in [0, 0.05) is 43.3 Å². The van der Waals surface area contributed by atoms with Crippen molar-refractivity contribution in [3.8, 4) is 5.75 Å². The zero-order chi connectivity index (χ0) is 18.1. The summed E-state index contributed by atoms with van der Waals surface area (Å²) >= 11 is 0. The average molecular weight is 351 g/mol. The van der Waals surface area contributed by atoms with E-state index in [9.17, 15) is 0 Å². The third-order valence-corrected chi connectivity index (χ3v) is 5.06. The van der Waals surface area contributed by atoms with Gasteiger partial charge < -0.3 is 9.30 Å². The first-order chi connectivity index (χ1) is 12.7. The van der Waals surface area contributed by atoms with E-state index in [2.05, 4.69) is 62.5 Å². The summed E-state index contributed by atoms with van der Waals surface area (Å²) in [5.74, 6) is 2.04. The summed E-state index contributed by atoms with van der Waals surface area (Å²) in [4.78, 5) is 7.00. The molecule has 6 nitrogen and oxygen atoms in total. The molecule has 0 radical (unpaired) electrons.